The molecule has 3 rings (SSSR count). The van der Waals surface area contributed by atoms with E-state index in [2.05, 4.69) is 10.3 Å². The van der Waals surface area contributed by atoms with E-state index in [4.69, 9.17) is 21.1 Å². The highest BCUT2D eigenvalue weighted by molar-refractivity contribution is 7.13. The van der Waals surface area contributed by atoms with Gasteiger partial charge in [0.15, 0.2) is 6.10 Å². The zero-order chi connectivity index (χ0) is 21.5. The summed E-state index contributed by atoms with van der Waals surface area (Å²) in [6, 6.07) is 16.5. The summed E-state index contributed by atoms with van der Waals surface area (Å²) in [5.74, 6) is -0.286. The van der Waals surface area contributed by atoms with Crippen molar-refractivity contribution in [1.29, 1.82) is 0 Å². The first-order valence-corrected chi connectivity index (χ1v) is 10.5. The maximum Gasteiger partial charge on any atom is 0.351 e. The monoisotopic (exact) mass is 444 g/mol. The van der Waals surface area contributed by atoms with Gasteiger partial charge in [-0.2, -0.15) is 0 Å². The van der Waals surface area contributed by atoms with Gasteiger partial charge >= 0.3 is 5.97 Å². The van der Waals surface area contributed by atoms with E-state index >= 15 is 0 Å². The van der Waals surface area contributed by atoms with Crippen molar-refractivity contribution in [3.8, 4) is 5.75 Å². The third kappa shape index (κ3) is 6.05. The van der Waals surface area contributed by atoms with Gasteiger partial charge in [-0.1, -0.05) is 41.9 Å². The first-order valence-electron chi connectivity index (χ1n) is 9.29. The van der Waals surface area contributed by atoms with Gasteiger partial charge in [-0.3, -0.25) is 4.79 Å². The molecule has 1 heterocycles. The molecule has 6 nitrogen and oxygen atoms in total. The van der Waals surface area contributed by atoms with Gasteiger partial charge in [-0.25, -0.2) is 9.78 Å². The first-order chi connectivity index (χ1) is 14.4. The number of nitrogens with zero attached hydrogens (tertiary/aromatic N) is 1. The highest BCUT2D eigenvalue weighted by atomic mass is 35.5. The summed E-state index contributed by atoms with van der Waals surface area (Å²) in [6.45, 7) is 3.85. The Morgan fingerprint density at radius 1 is 1.13 bits per heavy atom. The number of aromatic nitrogens is 1. The van der Waals surface area contributed by atoms with Gasteiger partial charge in [0.05, 0.1) is 5.69 Å². The van der Waals surface area contributed by atoms with Crippen LogP contribution < -0.4 is 10.1 Å². The Hall–Kier alpha value is -2.90. The molecule has 1 unspecified atom stereocenters. The van der Waals surface area contributed by atoms with Crippen molar-refractivity contribution in [3.63, 3.8) is 0 Å². The van der Waals surface area contributed by atoms with Crippen LogP contribution in [0.2, 0.25) is 5.02 Å². The number of esters is 1. The zero-order valence-electron chi connectivity index (χ0n) is 16.6. The van der Waals surface area contributed by atoms with Crippen LogP contribution >= 0.6 is 22.9 Å². The third-order valence-electron chi connectivity index (χ3n) is 4.16. The molecule has 0 aliphatic rings. The number of amides is 1. The van der Waals surface area contributed by atoms with E-state index in [1.54, 1.807) is 38.1 Å². The number of thiazole rings is 1. The summed E-state index contributed by atoms with van der Waals surface area (Å²) in [5.41, 5.74) is 1.50. The second kappa shape index (κ2) is 10.2. The van der Waals surface area contributed by atoms with Gasteiger partial charge in [-0.15, -0.1) is 11.3 Å². The van der Waals surface area contributed by atoms with Crippen LogP contribution in [0.4, 0.5) is 0 Å². The molecule has 1 amide bonds. The Morgan fingerprint density at radius 2 is 1.83 bits per heavy atom. The Kier molecular flexibility index (Phi) is 7.43. The minimum absolute atomic E-state index is 0.216. The van der Waals surface area contributed by atoms with Crippen molar-refractivity contribution >= 4 is 34.8 Å². The fourth-order valence-corrected chi connectivity index (χ4v) is 3.56. The lowest BCUT2D eigenvalue weighted by molar-refractivity contribution is -0.129. The first kappa shape index (κ1) is 21.8. The molecule has 3 aromatic rings. The van der Waals surface area contributed by atoms with E-state index in [-0.39, 0.29) is 12.5 Å². The summed E-state index contributed by atoms with van der Waals surface area (Å²) in [4.78, 5) is 29.4. The van der Waals surface area contributed by atoms with Crippen molar-refractivity contribution < 1.29 is 19.1 Å². The molecule has 0 aliphatic heterocycles. The minimum Gasteiger partial charge on any atom is -0.486 e. The number of hydrogen-bond donors (Lipinski definition) is 1. The zero-order valence-corrected chi connectivity index (χ0v) is 18.1. The van der Waals surface area contributed by atoms with E-state index in [0.717, 1.165) is 5.56 Å². The summed E-state index contributed by atoms with van der Waals surface area (Å²) in [5, 5.41) is 4.02. The van der Waals surface area contributed by atoms with Crippen molar-refractivity contribution in [1.82, 2.24) is 10.3 Å². The molecular formula is C22H21ClN2O4S. The summed E-state index contributed by atoms with van der Waals surface area (Å²) in [6.07, 6.45) is -0.920. The number of carbonyl (C=O) groups excluding carboxylic acids is 2. The Morgan fingerprint density at radius 3 is 2.53 bits per heavy atom. The van der Waals surface area contributed by atoms with Crippen LogP contribution in [-0.2, 0) is 22.7 Å². The second-order valence-corrected chi connectivity index (χ2v) is 8.04. The van der Waals surface area contributed by atoms with Crippen LogP contribution in [0.5, 0.6) is 5.75 Å². The van der Waals surface area contributed by atoms with E-state index in [0.29, 0.717) is 32.9 Å². The lowest BCUT2D eigenvalue weighted by Gasteiger charge is -2.13. The number of aryl methyl sites for hydroxylation is 1. The molecule has 0 radical (unpaired) electrons. The second-order valence-electron chi connectivity index (χ2n) is 6.52. The number of ether oxygens (including phenoxy) is 2. The highest BCUT2D eigenvalue weighted by Gasteiger charge is 2.22. The van der Waals surface area contributed by atoms with Gasteiger partial charge in [0.25, 0.3) is 5.91 Å². The molecule has 0 bridgehead atoms. The smallest absolute Gasteiger partial charge is 0.351 e. The molecule has 1 aromatic heterocycles. The predicted molar refractivity (Wildman–Crippen MR) is 116 cm³/mol. The van der Waals surface area contributed by atoms with E-state index < -0.39 is 12.1 Å². The fourth-order valence-electron chi connectivity index (χ4n) is 2.58. The van der Waals surface area contributed by atoms with Crippen LogP contribution in [0.15, 0.2) is 54.6 Å². The predicted octanol–water partition coefficient (Wildman–Crippen LogP) is 4.55. The molecular weight excluding hydrogens is 424 g/mol. The maximum absolute atomic E-state index is 12.5. The fraction of sp³-hybridized carbons (Fsp3) is 0.227. The standard InChI is InChI=1S/C22H21ClN2O4S/c1-14-20(30-19(25-14)13-28-18-10-8-17(23)9-11-18)22(27)29-15(2)21(26)24-12-16-6-4-3-5-7-16/h3-11,15H,12-13H2,1-2H3,(H,24,26). The van der Waals surface area contributed by atoms with Gasteiger partial charge < -0.3 is 14.8 Å². The number of halogens is 1. The third-order valence-corrected chi connectivity index (χ3v) is 5.53. The van der Waals surface area contributed by atoms with Crippen molar-refractivity contribution in [3.05, 3.63) is 80.8 Å². The molecule has 1 N–H and O–H groups in total. The summed E-state index contributed by atoms with van der Waals surface area (Å²) < 4.78 is 11.0. The normalized spacial score (nSPS) is 11.6. The van der Waals surface area contributed by atoms with Gasteiger partial charge in [0.2, 0.25) is 0 Å². The van der Waals surface area contributed by atoms with Crippen molar-refractivity contribution in [2.45, 2.75) is 33.1 Å². The molecule has 2 aromatic carbocycles. The summed E-state index contributed by atoms with van der Waals surface area (Å²) in [7, 11) is 0. The number of benzene rings is 2. The largest absolute Gasteiger partial charge is 0.486 e. The molecule has 0 fully saturated rings. The van der Waals surface area contributed by atoms with Crippen LogP contribution in [0.25, 0.3) is 0 Å². The van der Waals surface area contributed by atoms with E-state index in [9.17, 15) is 9.59 Å². The quantitative estimate of drug-likeness (QED) is 0.516. The molecule has 1 atom stereocenters. The maximum atomic E-state index is 12.5. The SMILES string of the molecule is Cc1nc(COc2ccc(Cl)cc2)sc1C(=O)OC(C)C(=O)NCc1ccccc1. The molecule has 156 valence electrons. The Labute approximate surface area is 183 Å². The number of carbonyl (C=O) groups is 2. The molecule has 0 saturated heterocycles. The van der Waals surface area contributed by atoms with E-state index in [1.165, 1.54) is 11.3 Å². The number of hydrogen-bond acceptors (Lipinski definition) is 6. The van der Waals surface area contributed by atoms with Crippen LogP contribution in [0.1, 0.15) is 32.9 Å². The van der Waals surface area contributed by atoms with Crippen LogP contribution in [-0.4, -0.2) is 23.0 Å². The molecule has 0 aliphatic carbocycles. The van der Waals surface area contributed by atoms with Crippen molar-refractivity contribution in [2.24, 2.45) is 0 Å². The molecule has 30 heavy (non-hydrogen) atoms. The highest BCUT2D eigenvalue weighted by Crippen LogP contribution is 2.22. The minimum atomic E-state index is -0.920. The van der Waals surface area contributed by atoms with Crippen molar-refractivity contribution in [2.75, 3.05) is 0 Å². The Balaban J connectivity index is 1.53. The molecule has 0 saturated carbocycles. The summed E-state index contributed by atoms with van der Waals surface area (Å²) >= 11 is 7.04. The molecule has 0 spiro atoms. The van der Waals surface area contributed by atoms with Gasteiger partial charge in [0.1, 0.15) is 22.2 Å². The van der Waals surface area contributed by atoms with Gasteiger partial charge in [-0.05, 0) is 43.7 Å². The van der Waals surface area contributed by atoms with Gasteiger partial charge in [0, 0.05) is 11.6 Å². The lowest BCUT2D eigenvalue weighted by Crippen LogP contribution is -2.35. The van der Waals surface area contributed by atoms with Crippen LogP contribution in [0, 0.1) is 6.92 Å². The average molecular weight is 445 g/mol. The topological polar surface area (TPSA) is 77.5 Å². The van der Waals surface area contributed by atoms with Crippen LogP contribution in [0.3, 0.4) is 0 Å². The Bertz CT molecular complexity index is 1010. The number of rotatable bonds is 8. The molecule has 8 heteroatoms. The van der Waals surface area contributed by atoms with E-state index in [1.807, 2.05) is 30.3 Å². The number of nitrogens with one attached hydrogen (secondary N) is 1. The average Bonchev–Trinajstić information content (AvgIpc) is 3.13. The lowest BCUT2D eigenvalue weighted by atomic mass is 10.2.